The molecular formula is C11H15N3OS. The normalized spacial score (nSPS) is 25.2. The fourth-order valence-corrected chi connectivity index (χ4v) is 3.55. The van der Waals surface area contributed by atoms with Gasteiger partial charge in [0.1, 0.15) is 0 Å². The molecule has 0 spiro atoms. The van der Waals surface area contributed by atoms with Crippen LogP contribution in [0.3, 0.4) is 0 Å². The van der Waals surface area contributed by atoms with Crippen molar-refractivity contribution < 1.29 is 4.79 Å². The van der Waals surface area contributed by atoms with E-state index in [0.29, 0.717) is 5.92 Å². The van der Waals surface area contributed by atoms with Crippen LogP contribution in [0.4, 0.5) is 0 Å². The zero-order valence-corrected chi connectivity index (χ0v) is 9.92. The van der Waals surface area contributed by atoms with Gasteiger partial charge in [-0.3, -0.25) is 9.79 Å². The molecule has 0 aromatic heterocycles. The van der Waals surface area contributed by atoms with Crippen molar-refractivity contribution in [3.8, 4) is 0 Å². The molecule has 0 aromatic rings. The lowest BCUT2D eigenvalue weighted by Crippen LogP contribution is -2.34. The molecule has 3 aliphatic rings. The molecule has 5 heteroatoms. The highest BCUT2D eigenvalue weighted by atomic mass is 32.2. The molecule has 0 bridgehead atoms. The molecule has 3 rings (SSSR count). The van der Waals surface area contributed by atoms with Gasteiger partial charge in [0, 0.05) is 24.7 Å². The van der Waals surface area contributed by atoms with Gasteiger partial charge in [0.2, 0.25) is 0 Å². The molecule has 0 radical (unpaired) electrons. The maximum absolute atomic E-state index is 11.5. The molecule has 0 aromatic carbocycles. The minimum absolute atomic E-state index is 0.288. The van der Waals surface area contributed by atoms with Crippen LogP contribution in [0.2, 0.25) is 0 Å². The predicted molar refractivity (Wildman–Crippen MR) is 64.8 cm³/mol. The van der Waals surface area contributed by atoms with Gasteiger partial charge >= 0.3 is 0 Å². The van der Waals surface area contributed by atoms with Crippen molar-refractivity contribution >= 4 is 22.8 Å². The van der Waals surface area contributed by atoms with Gasteiger partial charge in [-0.2, -0.15) is 0 Å². The van der Waals surface area contributed by atoms with Crippen molar-refractivity contribution in [3.63, 3.8) is 0 Å². The number of thioether (sulfide) groups is 1. The first-order valence-corrected chi connectivity index (χ1v) is 6.63. The lowest BCUT2D eigenvalue weighted by atomic mass is 9.82. The first-order valence-electron chi connectivity index (χ1n) is 5.81. The number of nitrogens with two attached hydrogens (primary N) is 1. The van der Waals surface area contributed by atoms with Crippen molar-refractivity contribution in [1.82, 2.24) is 4.90 Å². The Bertz CT molecular complexity index is 398. The molecule has 2 aliphatic heterocycles. The van der Waals surface area contributed by atoms with Crippen LogP contribution in [0, 0.1) is 5.92 Å². The van der Waals surface area contributed by atoms with Gasteiger partial charge in [-0.25, -0.2) is 0 Å². The summed E-state index contributed by atoms with van der Waals surface area (Å²) in [6, 6.07) is 0. The van der Waals surface area contributed by atoms with E-state index in [1.54, 1.807) is 0 Å². The van der Waals surface area contributed by atoms with Crippen molar-refractivity contribution in [1.29, 1.82) is 0 Å². The Kier molecular flexibility index (Phi) is 2.42. The Balaban J connectivity index is 1.98. The zero-order valence-electron chi connectivity index (χ0n) is 9.11. The summed E-state index contributed by atoms with van der Waals surface area (Å²) in [7, 11) is 0. The number of hydrogen-bond acceptors (Lipinski definition) is 4. The smallest absolute Gasteiger partial charge is 0.257 e. The van der Waals surface area contributed by atoms with Gasteiger partial charge < -0.3 is 10.6 Å². The Hall–Kier alpha value is -0.970. The Morgan fingerprint density at radius 3 is 2.88 bits per heavy atom. The number of primary amides is 1. The Morgan fingerprint density at radius 2 is 2.25 bits per heavy atom. The molecule has 4 nitrogen and oxygen atoms in total. The monoisotopic (exact) mass is 237 g/mol. The summed E-state index contributed by atoms with van der Waals surface area (Å²) >= 11 is 1.47. The summed E-state index contributed by atoms with van der Waals surface area (Å²) in [5, 5.41) is 0.988. The first kappa shape index (κ1) is 10.2. The number of rotatable bonds is 2. The number of carbonyl (C=O) groups is 1. The molecule has 1 fully saturated rings. The second kappa shape index (κ2) is 3.80. The van der Waals surface area contributed by atoms with Crippen molar-refractivity contribution in [2.24, 2.45) is 16.6 Å². The topological polar surface area (TPSA) is 58.7 Å². The highest BCUT2D eigenvalue weighted by molar-refractivity contribution is 8.18. The Labute approximate surface area is 99.0 Å². The summed E-state index contributed by atoms with van der Waals surface area (Å²) in [6.07, 6.45) is 4.73. The standard InChI is InChI=1S/C11H15N3OS/c12-10(15)9-8(7-3-1-4-7)14-6-2-5-13-11(14)16-9/h7H,1-6H2,(H2,12,15). The second-order valence-corrected chi connectivity index (χ2v) is 5.46. The molecule has 0 unspecified atom stereocenters. The number of carbonyl (C=O) groups excluding carboxylic acids is 1. The van der Waals surface area contributed by atoms with E-state index in [9.17, 15) is 4.79 Å². The highest BCUT2D eigenvalue weighted by Crippen LogP contribution is 2.45. The number of nitrogens with zero attached hydrogens (tertiary/aromatic N) is 2. The summed E-state index contributed by atoms with van der Waals surface area (Å²) in [4.78, 5) is 18.9. The fourth-order valence-electron chi connectivity index (χ4n) is 2.43. The molecule has 1 aliphatic carbocycles. The third-order valence-electron chi connectivity index (χ3n) is 3.45. The van der Waals surface area contributed by atoms with Gasteiger partial charge in [-0.1, -0.05) is 6.42 Å². The van der Waals surface area contributed by atoms with Crippen LogP contribution >= 0.6 is 11.8 Å². The summed E-state index contributed by atoms with van der Waals surface area (Å²) < 4.78 is 0. The van der Waals surface area contributed by atoms with Gasteiger partial charge in [-0.05, 0) is 31.0 Å². The minimum Gasteiger partial charge on any atom is -0.365 e. The van der Waals surface area contributed by atoms with E-state index in [-0.39, 0.29) is 5.91 Å². The molecular weight excluding hydrogens is 222 g/mol. The van der Waals surface area contributed by atoms with Crippen LogP contribution in [-0.2, 0) is 4.79 Å². The maximum atomic E-state index is 11.5. The average molecular weight is 237 g/mol. The molecule has 0 saturated heterocycles. The van der Waals surface area contributed by atoms with E-state index in [1.807, 2.05) is 0 Å². The van der Waals surface area contributed by atoms with Crippen LogP contribution in [-0.4, -0.2) is 29.1 Å². The molecule has 2 heterocycles. The van der Waals surface area contributed by atoms with Crippen LogP contribution in [0.5, 0.6) is 0 Å². The molecule has 1 saturated carbocycles. The number of amides is 1. The minimum atomic E-state index is -0.288. The predicted octanol–water partition coefficient (Wildman–Crippen LogP) is 1.29. The first-order chi connectivity index (χ1) is 7.77. The molecule has 1 amide bonds. The van der Waals surface area contributed by atoms with Gasteiger partial charge in [0.05, 0.1) is 4.91 Å². The van der Waals surface area contributed by atoms with Gasteiger partial charge in [0.15, 0.2) is 5.17 Å². The van der Waals surface area contributed by atoms with Crippen LogP contribution in [0.15, 0.2) is 15.6 Å². The third kappa shape index (κ3) is 1.45. The zero-order chi connectivity index (χ0) is 11.1. The van der Waals surface area contributed by atoms with Crippen molar-refractivity contribution in [2.75, 3.05) is 13.1 Å². The summed E-state index contributed by atoms with van der Waals surface area (Å²) in [6.45, 7) is 1.87. The quantitative estimate of drug-likeness (QED) is 0.787. The van der Waals surface area contributed by atoms with Gasteiger partial charge in [0.25, 0.3) is 5.91 Å². The number of amidine groups is 1. The van der Waals surface area contributed by atoms with Crippen LogP contribution in [0.25, 0.3) is 0 Å². The van der Waals surface area contributed by atoms with E-state index in [1.165, 1.54) is 36.7 Å². The van der Waals surface area contributed by atoms with Crippen LogP contribution in [0.1, 0.15) is 25.7 Å². The molecule has 86 valence electrons. The summed E-state index contributed by atoms with van der Waals surface area (Å²) in [5.41, 5.74) is 6.63. The van der Waals surface area contributed by atoms with Crippen molar-refractivity contribution in [2.45, 2.75) is 25.7 Å². The second-order valence-electron chi connectivity index (χ2n) is 4.48. The largest absolute Gasteiger partial charge is 0.365 e. The van der Waals surface area contributed by atoms with Gasteiger partial charge in [-0.15, -0.1) is 0 Å². The molecule has 0 atom stereocenters. The third-order valence-corrected chi connectivity index (χ3v) is 4.60. The van der Waals surface area contributed by atoms with E-state index in [2.05, 4.69) is 9.89 Å². The number of fused-ring (bicyclic) bond motifs is 1. The lowest BCUT2D eigenvalue weighted by molar-refractivity contribution is -0.114. The average Bonchev–Trinajstić information content (AvgIpc) is 2.56. The Morgan fingerprint density at radius 1 is 1.44 bits per heavy atom. The van der Waals surface area contributed by atoms with E-state index < -0.39 is 0 Å². The number of allylic oxidation sites excluding steroid dienone is 1. The molecule has 2 N–H and O–H groups in total. The van der Waals surface area contributed by atoms with E-state index in [0.717, 1.165) is 29.6 Å². The number of hydrogen-bond donors (Lipinski definition) is 1. The summed E-state index contributed by atoms with van der Waals surface area (Å²) in [5.74, 6) is 0.254. The van der Waals surface area contributed by atoms with Crippen molar-refractivity contribution in [3.05, 3.63) is 10.6 Å². The lowest BCUT2D eigenvalue weighted by Gasteiger charge is -2.34. The maximum Gasteiger partial charge on any atom is 0.257 e. The number of aliphatic imine (C=N–C) groups is 1. The molecule has 16 heavy (non-hydrogen) atoms. The van der Waals surface area contributed by atoms with Crippen LogP contribution < -0.4 is 5.73 Å². The van der Waals surface area contributed by atoms with E-state index >= 15 is 0 Å². The van der Waals surface area contributed by atoms with E-state index in [4.69, 9.17) is 5.73 Å². The fraction of sp³-hybridized carbons (Fsp3) is 0.636. The highest BCUT2D eigenvalue weighted by Gasteiger charge is 2.39. The SMILES string of the molecule is NC(=O)C1=C(C2CCC2)N2CCCN=C2S1.